The van der Waals surface area contributed by atoms with Crippen LogP contribution in [0.3, 0.4) is 0 Å². The molecule has 2 aromatic rings. The first kappa shape index (κ1) is 20.2. The van der Waals surface area contributed by atoms with Crippen LogP contribution in [0.2, 0.25) is 0 Å². The minimum atomic E-state index is -3.85. The molecule has 0 spiro atoms. The fraction of sp³-hybridized carbons (Fsp3) is 0.381. The van der Waals surface area contributed by atoms with Crippen LogP contribution in [0.4, 0.5) is 11.4 Å². The van der Waals surface area contributed by atoms with Crippen LogP contribution >= 0.6 is 0 Å². The highest BCUT2D eigenvalue weighted by Crippen LogP contribution is 2.31. The molecule has 0 atom stereocenters. The number of hydrogen-bond acceptors (Lipinski definition) is 4. The Labute approximate surface area is 166 Å². The summed E-state index contributed by atoms with van der Waals surface area (Å²) in [6.45, 7) is 6.34. The minimum absolute atomic E-state index is 0.0742. The van der Waals surface area contributed by atoms with Gasteiger partial charge in [-0.15, -0.1) is 0 Å². The number of methoxy groups -OCH3 is 1. The molecule has 1 saturated heterocycles. The molecule has 3 rings (SSSR count). The Morgan fingerprint density at radius 3 is 2.39 bits per heavy atom. The molecule has 1 fully saturated rings. The third-order valence-corrected chi connectivity index (χ3v) is 6.55. The number of anilines is 2. The van der Waals surface area contributed by atoms with Crippen LogP contribution in [0.5, 0.6) is 5.75 Å². The van der Waals surface area contributed by atoms with Crippen LogP contribution in [-0.4, -0.2) is 28.0 Å². The molecule has 1 heterocycles. The van der Waals surface area contributed by atoms with Gasteiger partial charge in [-0.2, -0.15) is 0 Å². The van der Waals surface area contributed by atoms with Crippen molar-refractivity contribution in [2.45, 2.75) is 44.9 Å². The number of nitrogens with one attached hydrogen (secondary N) is 1. The van der Waals surface area contributed by atoms with Gasteiger partial charge in [0.25, 0.3) is 10.0 Å². The molecule has 1 amide bonds. The molecule has 6 nitrogen and oxygen atoms in total. The van der Waals surface area contributed by atoms with Crippen LogP contribution in [0.15, 0.2) is 35.2 Å². The monoisotopic (exact) mass is 402 g/mol. The lowest BCUT2D eigenvalue weighted by molar-refractivity contribution is -0.119. The van der Waals surface area contributed by atoms with Crippen molar-refractivity contribution >= 4 is 27.3 Å². The van der Waals surface area contributed by atoms with Crippen LogP contribution in [0, 0.1) is 20.8 Å². The van der Waals surface area contributed by atoms with E-state index in [4.69, 9.17) is 4.74 Å². The number of aryl methyl sites for hydroxylation is 3. The number of hydrogen-bond donors (Lipinski definition) is 1. The van der Waals surface area contributed by atoms with E-state index in [1.165, 1.54) is 7.11 Å². The van der Waals surface area contributed by atoms with Gasteiger partial charge < -0.3 is 9.64 Å². The maximum Gasteiger partial charge on any atom is 0.265 e. The Kier molecular flexibility index (Phi) is 5.65. The van der Waals surface area contributed by atoms with Crippen molar-refractivity contribution in [1.82, 2.24) is 0 Å². The smallest absolute Gasteiger partial charge is 0.265 e. The number of ether oxygens (including phenoxy) is 1. The predicted octanol–water partition coefficient (Wildman–Crippen LogP) is 3.94. The summed E-state index contributed by atoms with van der Waals surface area (Å²) in [4.78, 5) is 14.1. The molecular formula is C21H26N2O4S. The molecule has 7 heteroatoms. The van der Waals surface area contributed by atoms with Crippen LogP contribution < -0.4 is 14.4 Å². The number of carbonyl (C=O) groups is 1. The highest BCUT2D eigenvalue weighted by molar-refractivity contribution is 7.92. The molecular weight excluding hydrogens is 376 g/mol. The Bertz CT molecular complexity index is 1020. The molecule has 2 aromatic carbocycles. The van der Waals surface area contributed by atoms with Crippen molar-refractivity contribution < 1.29 is 17.9 Å². The van der Waals surface area contributed by atoms with Gasteiger partial charge in [0.1, 0.15) is 10.6 Å². The lowest BCUT2D eigenvalue weighted by Gasteiger charge is -2.28. The maximum atomic E-state index is 13.0. The lowest BCUT2D eigenvalue weighted by atomic mass is 10.1. The van der Waals surface area contributed by atoms with Crippen molar-refractivity contribution in [1.29, 1.82) is 0 Å². The highest BCUT2D eigenvalue weighted by Gasteiger charge is 2.24. The number of rotatable bonds is 5. The second kappa shape index (κ2) is 7.83. The van der Waals surface area contributed by atoms with Gasteiger partial charge in [0.2, 0.25) is 5.91 Å². The van der Waals surface area contributed by atoms with Gasteiger partial charge in [0, 0.05) is 18.7 Å². The third kappa shape index (κ3) is 3.99. The van der Waals surface area contributed by atoms with Crippen LogP contribution in [0.25, 0.3) is 0 Å². The van der Waals surface area contributed by atoms with E-state index >= 15 is 0 Å². The zero-order chi connectivity index (χ0) is 20.5. The Morgan fingerprint density at radius 2 is 1.71 bits per heavy atom. The normalized spacial score (nSPS) is 14.9. The van der Waals surface area contributed by atoms with Gasteiger partial charge in [-0.1, -0.05) is 6.07 Å². The summed E-state index contributed by atoms with van der Waals surface area (Å²) >= 11 is 0. The Morgan fingerprint density at radius 1 is 1.00 bits per heavy atom. The summed E-state index contributed by atoms with van der Waals surface area (Å²) in [5.74, 6) is 0.374. The van der Waals surface area contributed by atoms with Gasteiger partial charge in [-0.3, -0.25) is 9.52 Å². The van der Waals surface area contributed by atoms with E-state index in [-0.39, 0.29) is 10.8 Å². The molecule has 0 radical (unpaired) electrons. The topological polar surface area (TPSA) is 75.7 Å². The van der Waals surface area contributed by atoms with E-state index in [2.05, 4.69) is 4.72 Å². The second-order valence-electron chi connectivity index (χ2n) is 7.20. The third-order valence-electron chi connectivity index (χ3n) is 5.15. The molecule has 0 aromatic heterocycles. The first-order chi connectivity index (χ1) is 13.2. The first-order valence-corrected chi connectivity index (χ1v) is 10.8. The van der Waals surface area contributed by atoms with E-state index < -0.39 is 10.0 Å². The molecule has 1 aliphatic heterocycles. The summed E-state index contributed by atoms with van der Waals surface area (Å²) in [5.41, 5.74) is 3.92. The van der Waals surface area contributed by atoms with Gasteiger partial charge in [0.15, 0.2) is 0 Å². The maximum absolute atomic E-state index is 13.0. The van der Waals surface area contributed by atoms with Gasteiger partial charge in [-0.25, -0.2) is 8.42 Å². The predicted molar refractivity (Wildman–Crippen MR) is 111 cm³/mol. The number of nitrogens with zero attached hydrogens (tertiary/aromatic N) is 1. The first-order valence-electron chi connectivity index (χ1n) is 9.32. The largest absolute Gasteiger partial charge is 0.495 e. The van der Waals surface area contributed by atoms with Crippen molar-refractivity contribution in [2.24, 2.45) is 0 Å². The van der Waals surface area contributed by atoms with Crippen molar-refractivity contribution in [3.05, 3.63) is 47.0 Å². The van der Waals surface area contributed by atoms with E-state index in [1.54, 1.807) is 29.2 Å². The fourth-order valence-corrected chi connectivity index (χ4v) is 4.65. The van der Waals surface area contributed by atoms with E-state index in [0.29, 0.717) is 24.4 Å². The SMILES string of the molecule is COc1cc(C)c(C)cc1S(=O)(=O)Nc1ccc(C)c(N2CCCCC2=O)c1. The Hall–Kier alpha value is -2.54. The number of benzene rings is 2. The quantitative estimate of drug-likeness (QED) is 0.822. The number of sulfonamides is 1. The standard InChI is InChI=1S/C21H26N2O4S/c1-14-8-9-17(13-18(14)23-10-6-5-7-21(23)24)22-28(25,26)20-12-16(3)15(2)11-19(20)27-4/h8-9,11-13,22H,5-7,10H2,1-4H3. The molecule has 0 unspecified atom stereocenters. The lowest BCUT2D eigenvalue weighted by Crippen LogP contribution is -2.35. The summed E-state index contributed by atoms with van der Waals surface area (Å²) in [7, 11) is -2.39. The van der Waals surface area contributed by atoms with Crippen LogP contribution in [0.1, 0.15) is 36.0 Å². The number of piperidine rings is 1. The molecule has 0 saturated carbocycles. The van der Waals surface area contributed by atoms with Gasteiger partial charge in [0.05, 0.1) is 12.8 Å². The van der Waals surface area contributed by atoms with Crippen molar-refractivity contribution in [3.63, 3.8) is 0 Å². The Balaban J connectivity index is 1.96. The van der Waals surface area contributed by atoms with Crippen molar-refractivity contribution in [3.8, 4) is 5.75 Å². The molecule has 1 aliphatic rings. The van der Waals surface area contributed by atoms with E-state index in [9.17, 15) is 13.2 Å². The number of carbonyl (C=O) groups excluding carboxylic acids is 1. The van der Waals surface area contributed by atoms with Crippen LogP contribution in [-0.2, 0) is 14.8 Å². The van der Waals surface area contributed by atoms with E-state index in [0.717, 1.165) is 35.2 Å². The second-order valence-corrected chi connectivity index (χ2v) is 8.85. The average molecular weight is 403 g/mol. The number of amides is 1. The average Bonchev–Trinajstić information content (AvgIpc) is 2.65. The van der Waals surface area contributed by atoms with Gasteiger partial charge >= 0.3 is 0 Å². The fourth-order valence-electron chi connectivity index (χ4n) is 3.37. The molecule has 150 valence electrons. The molecule has 0 aliphatic carbocycles. The van der Waals surface area contributed by atoms with Gasteiger partial charge in [-0.05, 0) is 74.6 Å². The minimum Gasteiger partial charge on any atom is -0.495 e. The molecule has 0 bridgehead atoms. The zero-order valence-corrected chi connectivity index (χ0v) is 17.5. The summed E-state index contributed by atoms with van der Waals surface area (Å²) in [6, 6.07) is 8.59. The zero-order valence-electron chi connectivity index (χ0n) is 16.7. The van der Waals surface area contributed by atoms with Crippen molar-refractivity contribution in [2.75, 3.05) is 23.3 Å². The summed E-state index contributed by atoms with van der Waals surface area (Å²) in [5, 5.41) is 0. The summed E-state index contributed by atoms with van der Waals surface area (Å²) < 4.78 is 33.9. The highest BCUT2D eigenvalue weighted by atomic mass is 32.2. The molecule has 28 heavy (non-hydrogen) atoms. The van der Waals surface area contributed by atoms with E-state index in [1.807, 2.05) is 26.8 Å². The summed E-state index contributed by atoms with van der Waals surface area (Å²) in [6.07, 6.45) is 2.36. The molecule has 1 N–H and O–H groups in total.